The van der Waals surface area contributed by atoms with Crippen molar-refractivity contribution in [2.75, 3.05) is 38.1 Å². The van der Waals surface area contributed by atoms with E-state index in [0.717, 1.165) is 5.69 Å². The minimum atomic E-state index is -0.316. The van der Waals surface area contributed by atoms with Gasteiger partial charge in [0, 0.05) is 25.0 Å². The average molecular weight is 489 g/mol. The molecule has 0 fully saturated rings. The molecular formula is C27H28N4O5. The van der Waals surface area contributed by atoms with Crippen molar-refractivity contribution in [2.45, 2.75) is 13.3 Å². The highest BCUT2D eigenvalue weighted by Crippen LogP contribution is 2.30. The second kappa shape index (κ2) is 10.8. The monoisotopic (exact) mass is 488 g/mol. The second-order valence-electron chi connectivity index (χ2n) is 7.96. The van der Waals surface area contributed by atoms with Crippen LogP contribution in [0.4, 0.5) is 11.5 Å². The number of rotatable bonds is 9. The molecule has 0 aliphatic heterocycles. The van der Waals surface area contributed by atoms with Crippen molar-refractivity contribution < 1.29 is 23.8 Å². The van der Waals surface area contributed by atoms with E-state index in [9.17, 15) is 9.59 Å². The van der Waals surface area contributed by atoms with Gasteiger partial charge in [0.15, 0.2) is 18.1 Å². The Bertz CT molecular complexity index is 1380. The van der Waals surface area contributed by atoms with Crippen LogP contribution in [0.25, 0.3) is 5.65 Å². The Hall–Kier alpha value is -4.53. The number of nitrogens with one attached hydrogen (secondary N) is 1. The van der Waals surface area contributed by atoms with Gasteiger partial charge < -0.3 is 19.5 Å². The zero-order valence-electron chi connectivity index (χ0n) is 20.6. The lowest BCUT2D eigenvalue weighted by Gasteiger charge is -2.19. The molecule has 0 unspecified atom stereocenters. The Kier molecular flexibility index (Phi) is 7.39. The fourth-order valence-electron chi connectivity index (χ4n) is 3.80. The standard InChI is InChI=1S/C27H28N4O5/c1-5-21-27(30(2)25(32)17-36-20-9-7-6-8-10-20)31-16-18(11-14-24(31)29-21)26(33)28-19-12-13-22(34-3)23(15-19)35-4/h6-16H,5,17H2,1-4H3,(H,28,33). The highest BCUT2D eigenvalue weighted by atomic mass is 16.5. The molecule has 4 aromatic rings. The van der Waals surface area contributed by atoms with Crippen molar-refractivity contribution in [1.82, 2.24) is 9.38 Å². The molecule has 0 aliphatic rings. The van der Waals surface area contributed by atoms with E-state index in [4.69, 9.17) is 14.2 Å². The summed E-state index contributed by atoms with van der Waals surface area (Å²) in [5.41, 5.74) is 2.33. The maximum atomic E-state index is 13.0. The number of carbonyl (C=O) groups excluding carboxylic acids is 2. The Morgan fingerprint density at radius 3 is 2.44 bits per heavy atom. The molecule has 4 rings (SSSR count). The topological polar surface area (TPSA) is 94.4 Å². The van der Waals surface area contributed by atoms with Crippen molar-refractivity contribution in [3.8, 4) is 17.2 Å². The number of ether oxygens (including phenoxy) is 3. The van der Waals surface area contributed by atoms with E-state index >= 15 is 0 Å². The zero-order valence-corrected chi connectivity index (χ0v) is 20.6. The molecule has 186 valence electrons. The molecule has 0 spiro atoms. The third-order valence-corrected chi connectivity index (χ3v) is 5.70. The molecule has 0 saturated heterocycles. The summed E-state index contributed by atoms with van der Waals surface area (Å²) in [4.78, 5) is 32.2. The molecular weight excluding hydrogens is 460 g/mol. The second-order valence-corrected chi connectivity index (χ2v) is 7.96. The van der Waals surface area contributed by atoms with Gasteiger partial charge in [0.2, 0.25) is 0 Å². The first-order chi connectivity index (χ1) is 17.4. The number of hydrogen-bond donors (Lipinski definition) is 1. The van der Waals surface area contributed by atoms with Crippen LogP contribution in [0.5, 0.6) is 17.2 Å². The van der Waals surface area contributed by atoms with Gasteiger partial charge in [-0.05, 0) is 42.8 Å². The van der Waals surface area contributed by atoms with Crippen LogP contribution in [0, 0.1) is 0 Å². The summed E-state index contributed by atoms with van der Waals surface area (Å²) in [6, 6.07) is 17.7. The molecule has 0 atom stereocenters. The molecule has 9 heteroatoms. The fraction of sp³-hybridized carbons (Fsp3) is 0.222. The van der Waals surface area contributed by atoms with E-state index < -0.39 is 0 Å². The number of benzene rings is 2. The zero-order chi connectivity index (χ0) is 25.7. The normalized spacial score (nSPS) is 10.7. The molecule has 0 saturated carbocycles. The SMILES string of the molecule is CCc1nc2ccc(C(=O)Nc3ccc(OC)c(OC)c3)cn2c1N(C)C(=O)COc1ccccc1. The van der Waals surface area contributed by atoms with Gasteiger partial charge in [0.25, 0.3) is 11.8 Å². The molecule has 2 amide bonds. The van der Waals surface area contributed by atoms with Gasteiger partial charge in [0.05, 0.1) is 25.5 Å². The fourth-order valence-corrected chi connectivity index (χ4v) is 3.80. The van der Waals surface area contributed by atoms with Crippen molar-refractivity contribution in [1.29, 1.82) is 0 Å². The molecule has 2 heterocycles. The number of methoxy groups -OCH3 is 2. The first-order valence-corrected chi connectivity index (χ1v) is 11.4. The number of fused-ring (bicyclic) bond motifs is 1. The van der Waals surface area contributed by atoms with Crippen LogP contribution in [0.15, 0.2) is 66.9 Å². The van der Waals surface area contributed by atoms with Crippen LogP contribution >= 0.6 is 0 Å². The number of hydrogen-bond acceptors (Lipinski definition) is 6. The Morgan fingerprint density at radius 1 is 1.00 bits per heavy atom. The summed E-state index contributed by atoms with van der Waals surface area (Å²) in [7, 11) is 4.76. The summed E-state index contributed by atoms with van der Waals surface area (Å²) in [5, 5.41) is 2.87. The van der Waals surface area contributed by atoms with Crippen molar-refractivity contribution >= 4 is 29.0 Å². The summed E-state index contributed by atoms with van der Waals surface area (Å²) >= 11 is 0. The predicted octanol–water partition coefficient (Wildman–Crippen LogP) is 4.21. The van der Waals surface area contributed by atoms with Gasteiger partial charge >= 0.3 is 0 Å². The Morgan fingerprint density at radius 2 is 1.75 bits per heavy atom. The number of imidazole rings is 1. The minimum Gasteiger partial charge on any atom is -0.493 e. The van der Waals surface area contributed by atoms with E-state index in [0.29, 0.717) is 46.4 Å². The lowest BCUT2D eigenvalue weighted by molar-refractivity contribution is -0.120. The Balaban J connectivity index is 1.59. The predicted molar refractivity (Wildman–Crippen MR) is 137 cm³/mol. The summed E-state index contributed by atoms with van der Waals surface area (Å²) < 4.78 is 17.9. The van der Waals surface area contributed by atoms with Crippen LogP contribution in [0.1, 0.15) is 23.0 Å². The quantitative estimate of drug-likeness (QED) is 0.379. The van der Waals surface area contributed by atoms with E-state index in [1.807, 2.05) is 25.1 Å². The van der Waals surface area contributed by atoms with E-state index in [1.165, 1.54) is 12.0 Å². The third kappa shape index (κ3) is 5.10. The molecule has 0 radical (unpaired) electrons. The van der Waals surface area contributed by atoms with Crippen LogP contribution < -0.4 is 24.4 Å². The van der Waals surface area contributed by atoms with E-state index in [2.05, 4.69) is 10.3 Å². The largest absolute Gasteiger partial charge is 0.493 e. The van der Waals surface area contributed by atoms with Crippen LogP contribution in [0.2, 0.25) is 0 Å². The number of pyridine rings is 1. The highest BCUT2D eigenvalue weighted by molar-refractivity contribution is 6.04. The van der Waals surface area contributed by atoms with Gasteiger partial charge in [-0.1, -0.05) is 25.1 Å². The average Bonchev–Trinajstić information content (AvgIpc) is 3.29. The van der Waals surface area contributed by atoms with Crippen molar-refractivity contribution in [2.24, 2.45) is 0 Å². The molecule has 0 aliphatic carbocycles. The van der Waals surface area contributed by atoms with Gasteiger partial charge in [-0.25, -0.2) is 4.98 Å². The number of nitrogens with zero attached hydrogens (tertiary/aromatic N) is 3. The summed E-state index contributed by atoms with van der Waals surface area (Å²) in [6.07, 6.45) is 2.29. The van der Waals surface area contributed by atoms with Gasteiger partial charge in [-0.15, -0.1) is 0 Å². The lowest BCUT2D eigenvalue weighted by atomic mass is 10.2. The summed E-state index contributed by atoms with van der Waals surface area (Å²) in [5.74, 6) is 1.72. The number of para-hydroxylation sites is 1. The van der Waals surface area contributed by atoms with Crippen LogP contribution in [-0.4, -0.2) is 49.1 Å². The number of aryl methyl sites for hydroxylation is 1. The first-order valence-electron chi connectivity index (χ1n) is 11.4. The van der Waals surface area contributed by atoms with E-state index in [1.54, 1.807) is 67.2 Å². The molecule has 36 heavy (non-hydrogen) atoms. The number of anilines is 2. The van der Waals surface area contributed by atoms with Gasteiger partial charge in [0.1, 0.15) is 17.2 Å². The maximum absolute atomic E-state index is 13.0. The maximum Gasteiger partial charge on any atom is 0.265 e. The third-order valence-electron chi connectivity index (χ3n) is 5.70. The van der Waals surface area contributed by atoms with Gasteiger partial charge in [-0.3, -0.25) is 18.9 Å². The number of carbonyl (C=O) groups is 2. The molecule has 2 aromatic carbocycles. The lowest BCUT2D eigenvalue weighted by Crippen LogP contribution is -2.33. The highest BCUT2D eigenvalue weighted by Gasteiger charge is 2.21. The van der Waals surface area contributed by atoms with Crippen molar-refractivity contribution in [3.05, 3.63) is 78.1 Å². The van der Waals surface area contributed by atoms with Crippen LogP contribution in [0.3, 0.4) is 0 Å². The minimum absolute atomic E-state index is 0.129. The number of amides is 2. The molecule has 0 bridgehead atoms. The smallest absolute Gasteiger partial charge is 0.265 e. The number of aromatic nitrogens is 2. The van der Waals surface area contributed by atoms with Gasteiger partial charge in [-0.2, -0.15) is 0 Å². The molecule has 2 aromatic heterocycles. The Labute approximate surface area is 209 Å². The van der Waals surface area contributed by atoms with Crippen LogP contribution in [-0.2, 0) is 11.2 Å². The first kappa shape index (κ1) is 24.6. The van der Waals surface area contributed by atoms with Crippen molar-refractivity contribution in [3.63, 3.8) is 0 Å². The molecule has 1 N–H and O–H groups in total. The van der Waals surface area contributed by atoms with E-state index in [-0.39, 0.29) is 18.4 Å². The number of likely N-dealkylation sites (N-methyl/N-ethyl adjacent to an activating group) is 1. The summed E-state index contributed by atoms with van der Waals surface area (Å²) in [6.45, 7) is 1.84. The molecule has 9 nitrogen and oxygen atoms in total.